The summed E-state index contributed by atoms with van der Waals surface area (Å²) in [6.07, 6.45) is 5.34. The minimum atomic E-state index is -0.201. The van der Waals surface area contributed by atoms with Crippen molar-refractivity contribution in [3.05, 3.63) is 36.3 Å². The molecule has 0 spiro atoms. The molecule has 1 atom stereocenters. The van der Waals surface area contributed by atoms with Crippen molar-refractivity contribution in [2.45, 2.75) is 12.5 Å². The third-order valence-electron chi connectivity index (χ3n) is 2.06. The Morgan fingerprint density at radius 3 is 3.38 bits per heavy atom. The van der Waals surface area contributed by atoms with Gasteiger partial charge in [-0.15, -0.1) is 6.58 Å². The predicted molar refractivity (Wildman–Crippen MR) is 47.4 cm³/mol. The van der Waals surface area contributed by atoms with Crippen LogP contribution in [0.2, 0.25) is 0 Å². The Bertz CT molecular complexity index is 317. The van der Waals surface area contributed by atoms with Crippen LogP contribution in [0.1, 0.15) is 6.42 Å². The van der Waals surface area contributed by atoms with Crippen LogP contribution in [0.15, 0.2) is 46.7 Å². The highest BCUT2D eigenvalue weighted by atomic mass is 19.1. The first-order valence-corrected chi connectivity index (χ1v) is 4.17. The molecule has 0 aromatic rings. The maximum Gasteiger partial charge on any atom is 0.121 e. The van der Waals surface area contributed by atoms with E-state index >= 15 is 0 Å². The maximum absolute atomic E-state index is 12.9. The van der Waals surface area contributed by atoms with Gasteiger partial charge in [-0.2, -0.15) is 5.11 Å². The normalized spacial score (nSPS) is 25.3. The average molecular weight is 179 g/mol. The Kier molecular flexibility index (Phi) is 1.96. The molecular formula is C9H10FN3. The standard InChI is InChI=1S/C9H10FN3/c1-2-5-13-9-6-7(10)3-4-8(9)11-12-13/h2-3,6,8H,1,4-5H2. The zero-order chi connectivity index (χ0) is 9.26. The van der Waals surface area contributed by atoms with E-state index in [4.69, 9.17) is 0 Å². The molecule has 0 bridgehead atoms. The minimum Gasteiger partial charge on any atom is -0.245 e. The molecule has 2 aliphatic rings. The molecule has 13 heavy (non-hydrogen) atoms. The molecule has 0 fully saturated rings. The van der Waals surface area contributed by atoms with Gasteiger partial charge in [0.25, 0.3) is 0 Å². The van der Waals surface area contributed by atoms with E-state index in [1.807, 2.05) is 0 Å². The van der Waals surface area contributed by atoms with Crippen molar-refractivity contribution < 1.29 is 4.39 Å². The molecule has 0 saturated heterocycles. The average Bonchev–Trinajstić information content (AvgIpc) is 2.49. The van der Waals surface area contributed by atoms with Crippen LogP contribution in [0.5, 0.6) is 0 Å². The highest BCUT2D eigenvalue weighted by Crippen LogP contribution is 2.29. The lowest BCUT2D eigenvalue weighted by Gasteiger charge is -2.17. The summed E-state index contributed by atoms with van der Waals surface area (Å²) >= 11 is 0. The van der Waals surface area contributed by atoms with E-state index < -0.39 is 0 Å². The SMILES string of the molecule is C=CCN1N=NC2CC=C(F)C=C21. The number of allylic oxidation sites excluding steroid dienone is 2. The van der Waals surface area contributed by atoms with Crippen molar-refractivity contribution in [2.24, 2.45) is 10.3 Å². The molecule has 0 N–H and O–H groups in total. The lowest BCUT2D eigenvalue weighted by molar-refractivity contribution is 0.405. The Morgan fingerprint density at radius 1 is 1.77 bits per heavy atom. The van der Waals surface area contributed by atoms with Crippen LogP contribution in [-0.2, 0) is 0 Å². The first-order valence-electron chi connectivity index (χ1n) is 4.17. The number of fused-ring (bicyclic) bond motifs is 1. The third kappa shape index (κ3) is 1.39. The van der Waals surface area contributed by atoms with E-state index in [1.54, 1.807) is 11.1 Å². The van der Waals surface area contributed by atoms with E-state index in [0.29, 0.717) is 13.0 Å². The number of halogens is 1. The summed E-state index contributed by atoms with van der Waals surface area (Å²) in [6, 6.07) is 0.0134. The Labute approximate surface area is 75.9 Å². The van der Waals surface area contributed by atoms with Crippen LogP contribution < -0.4 is 0 Å². The maximum atomic E-state index is 12.9. The summed E-state index contributed by atoms with van der Waals surface area (Å²) in [7, 11) is 0. The summed E-state index contributed by atoms with van der Waals surface area (Å²) in [6.45, 7) is 4.18. The van der Waals surface area contributed by atoms with Gasteiger partial charge < -0.3 is 0 Å². The molecule has 2 rings (SSSR count). The fourth-order valence-corrected chi connectivity index (χ4v) is 1.43. The number of rotatable bonds is 2. The Balaban J connectivity index is 2.22. The molecule has 4 heteroatoms. The fourth-order valence-electron chi connectivity index (χ4n) is 1.43. The summed E-state index contributed by atoms with van der Waals surface area (Å²) in [5.74, 6) is -0.201. The zero-order valence-electron chi connectivity index (χ0n) is 7.15. The first kappa shape index (κ1) is 8.16. The molecule has 0 aromatic heterocycles. The van der Waals surface area contributed by atoms with Gasteiger partial charge in [-0.25, -0.2) is 9.40 Å². The van der Waals surface area contributed by atoms with Crippen molar-refractivity contribution in [2.75, 3.05) is 6.54 Å². The van der Waals surface area contributed by atoms with Gasteiger partial charge in [0.2, 0.25) is 0 Å². The van der Waals surface area contributed by atoms with Crippen molar-refractivity contribution in [1.29, 1.82) is 0 Å². The van der Waals surface area contributed by atoms with Gasteiger partial charge in [0.05, 0.1) is 12.2 Å². The first-order chi connectivity index (χ1) is 6.31. The van der Waals surface area contributed by atoms with Crippen LogP contribution in [0.25, 0.3) is 0 Å². The Hall–Kier alpha value is -1.45. The number of nitrogens with zero attached hydrogens (tertiary/aromatic N) is 3. The second kappa shape index (κ2) is 3.12. The van der Waals surface area contributed by atoms with E-state index in [2.05, 4.69) is 16.9 Å². The summed E-state index contributed by atoms with van der Waals surface area (Å²) in [4.78, 5) is 0. The van der Waals surface area contributed by atoms with Gasteiger partial charge in [0, 0.05) is 0 Å². The van der Waals surface area contributed by atoms with Gasteiger partial charge in [0.1, 0.15) is 11.9 Å². The molecule has 1 unspecified atom stereocenters. The number of hydrogen-bond acceptors (Lipinski definition) is 3. The summed E-state index contributed by atoms with van der Waals surface area (Å²) in [5, 5.41) is 9.61. The van der Waals surface area contributed by atoms with Gasteiger partial charge >= 0.3 is 0 Å². The Morgan fingerprint density at radius 2 is 2.62 bits per heavy atom. The van der Waals surface area contributed by atoms with Gasteiger partial charge in [0.15, 0.2) is 0 Å². The minimum absolute atomic E-state index is 0.0134. The van der Waals surface area contributed by atoms with E-state index in [1.165, 1.54) is 12.2 Å². The zero-order valence-corrected chi connectivity index (χ0v) is 7.15. The second-order valence-corrected chi connectivity index (χ2v) is 2.99. The van der Waals surface area contributed by atoms with Gasteiger partial charge in [-0.3, -0.25) is 0 Å². The van der Waals surface area contributed by atoms with Crippen LogP contribution in [0, 0.1) is 0 Å². The highest BCUT2D eigenvalue weighted by Gasteiger charge is 2.27. The van der Waals surface area contributed by atoms with Crippen LogP contribution >= 0.6 is 0 Å². The number of hydrogen-bond donors (Lipinski definition) is 0. The predicted octanol–water partition coefficient (Wildman–Crippen LogP) is 2.36. The second-order valence-electron chi connectivity index (χ2n) is 2.99. The molecule has 0 saturated carbocycles. The van der Waals surface area contributed by atoms with Crippen molar-refractivity contribution >= 4 is 0 Å². The van der Waals surface area contributed by atoms with Crippen LogP contribution in [0.3, 0.4) is 0 Å². The lowest BCUT2D eigenvalue weighted by Crippen LogP contribution is -2.20. The topological polar surface area (TPSA) is 28.0 Å². The fraction of sp³-hybridized carbons (Fsp3) is 0.333. The molecule has 1 heterocycles. The molecule has 0 radical (unpaired) electrons. The largest absolute Gasteiger partial charge is 0.245 e. The van der Waals surface area contributed by atoms with Gasteiger partial charge in [-0.1, -0.05) is 11.3 Å². The third-order valence-corrected chi connectivity index (χ3v) is 2.06. The molecular weight excluding hydrogens is 169 g/mol. The summed E-state index contributed by atoms with van der Waals surface area (Å²) in [5.41, 5.74) is 0.833. The van der Waals surface area contributed by atoms with E-state index in [-0.39, 0.29) is 11.9 Å². The van der Waals surface area contributed by atoms with Crippen molar-refractivity contribution in [3.63, 3.8) is 0 Å². The van der Waals surface area contributed by atoms with Crippen molar-refractivity contribution in [1.82, 2.24) is 5.01 Å². The molecule has 3 nitrogen and oxygen atoms in total. The summed E-state index contributed by atoms with van der Waals surface area (Å²) < 4.78 is 12.9. The molecule has 68 valence electrons. The van der Waals surface area contributed by atoms with E-state index in [0.717, 1.165) is 5.70 Å². The van der Waals surface area contributed by atoms with Crippen LogP contribution in [0.4, 0.5) is 4.39 Å². The molecule has 1 aliphatic heterocycles. The smallest absolute Gasteiger partial charge is 0.121 e. The van der Waals surface area contributed by atoms with Crippen LogP contribution in [-0.4, -0.2) is 17.6 Å². The van der Waals surface area contributed by atoms with Gasteiger partial charge in [-0.05, 0) is 18.6 Å². The van der Waals surface area contributed by atoms with Crippen molar-refractivity contribution in [3.8, 4) is 0 Å². The highest BCUT2D eigenvalue weighted by molar-refractivity contribution is 5.28. The molecule has 0 aromatic carbocycles. The molecule has 1 aliphatic carbocycles. The monoisotopic (exact) mass is 179 g/mol. The molecule has 0 amide bonds. The quantitative estimate of drug-likeness (QED) is 0.598. The lowest BCUT2D eigenvalue weighted by atomic mass is 10.1. The van der Waals surface area contributed by atoms with E-state index in [9.17, 15) is 4.39 Å².